The molecule has 0 aliphatic heterocycles. The van der Waals surface area contributed by atoms with E-state index in [-0.39, 0.29) is 6.03 Å². The van der Waals surface area contributed by atoms with Gasteiger partial charge in [0.25, 0.3) is 0 Å². The number of urea groups is 1. The standard InChI is InChI=1S/C14H19BrN2O/c1-11(2)7-9-16-14(18)17-10-8-12-3-5-13(15)6-4-12/h3-7,9,11H,8,10H2,1-2H3,(H2,16,17,18)/b9-7+. The highest BCUT2D eigenvalue weighted by molar-refractivity contribution is 9.10. The molecule has 0 aliphatic carbocycles. The molecule has 1 aromatic rings. The van der Waals surface area contributed by atoms with Crippen molar-refractivity contribution in [3.63, 3.8) is 0 Å². The molecule has 0 saturated heterocycles. The molecule has 0 spiro atoms. The first-order chi connectivity index (χ1) is 8.58. The van der Waals surface area contributed by atoms with Crippen LogP contribution in [0.2, 0.25) is 0 Å². The van der Waals surface area contributed by atoms with Crippen LogP contribution in [0, 0.1) is 5.92 Å². The van der Waals surface area contributed by atoms with Gasteiger partial charge in [0.1, 0.15) is 0 Å². The summed E-state index contributed by atoms with van der Waals surface area (Å²) in [7, 11) is 0. The van der Waals surface area contributed by atoms with Gasteiger partial charge in [-0.15, -0.1) is 0 Å². The van der Waals surface area contributed by atoms with Crippen LogP contribution in [0.1, 0.15) is 19.4 Å². The number of allylic oxidation sites excluding steroid dienone is 1. The lowest BCUT2D eigenvalue weighted by Crippen LogP contribution is -2.33. The van der Waals surface area contributed by atoms with Crippen LogP contribution in [0.5, 0.6) is 0 Å². The second kappa shape index (κ2) is 7.93. The summed E-state index contributed by atoms with van der Waals surface area (Å²) in [6.45, 7) is 4.75. The third-order valence-corrected chi connectivity index (χ3v) is 2.84. The van der Waals surface area contributed by atoms with Crippen molar-refractivity contribution in [1.82, 2.24) is 10.6 Å². The molecule has 2 N–H and O–H groups in total. The summed E-state index contributed by atoms with van der Waals surface area (Å²) in [6.07, 6.45) is 4.45. The van der Waals surface area contributed by atoms with E-state index in [0.29, 0.717) is 12.5 Å². The number of benzene rings is 1. The highest BCUT2D eigenvalue weighted by atomic mass is 79.9. The Hall–Kier alpha value is -1.29. The van der Waals surface area contributed by atoms with Crippen molar-refractivity contribution in [1.29, 1.82) is 0 Å². The summed E-state index contributed by atoms with van der Waals surface area (Å²) in [5.41, 5.74) is 1.20. The summed E-state index contributed by atoms with van der Waals surface area (Å²) in [5.74, 6) is 0.438. The zero-order chi connectivity index (χ0) is 13.4. The molecule has 0 fully saturated rings. The van der Waals surface area contributed by atoms with Crippen molar-refractivity contribution in [2.45, 2.75) is 20.3 Å². The molecule has 98 valence electrons. The van der Waals surface area contributed by atoms with Crippen LogP contribution in [-0.2, 0) is 6.42 Å². The highest BCUT2D eigenvalue weighted by Gasteiger charge is 1.97. The molecule has 1 rings (SSSR count). The minimum absolute atomic E-state index is 0.163. The van der Waals surface area contributed by atoms with Crippen LogP contribution in [-0.4, -0.2) is 12.6 Å². The maximum atomic E-state index is 11.4. The van der Waals surface area contributed by atoms with Gasteiger partial charge < -0.3 is 10.6 Å². The van der Waals surface area contributed by atoms with E-state index in [4.69, 9.17) is 0 Å². The van der Waals surface area contributed by atoms with E-state index >= 15 is 0 Å². The van der Waals surface area contributed by atoms with Gasteiger partial charge in [-0.05, 0) is 30.0 Å². The third-order valence-electron chi connectivity index (χ3n) is 2.31. The normalized spacial score (nSPS) is 10.9. The van der Waals surface area contributed by atoms with Gasteiger partial charge in [0.15, 0.2) is 0 Å². The molecule has 2 amide bonds. The lowest BCUT2D eigenvalue weighted by molar-refractivity contribution is 0.244. The summed E-state index contributed by atoms with van der Waals surface area (Å²) in [5, 5.41) is 5.48. The average Bonchev–Trinajstić information content (AvgIpc) is 2.31. The smallest absolute Gasteiger partial charge is 0.318 e. The SMILES string of the molecule is CC(C)/C=C/NC(=O)NCCc1ccc(Br)cc1. The molecule has 0 saturated carbocycles. The average molecular weight is 311 g/mol. The van der Waals surface area contributed by atoms with Gasteiger partial charge in [-0.3, -0.25) is 0 Å². The Bertz CT molecular complexity index is 399. The Kier molecular flexibility index (Phi) is 6.50. The summed E-state index contributed by atoms with van der Waals surface area (Å²) < 4.78 is 1.07. The number of halogens is 1. The molecule has 4 heteroatoms. The number of rotatable bonds is 5. The number of carbonyl (C=O) groups excluding carboxylic acids is 1. The largest absolute Gasteiger partial charge is 0.338 e. The lowest BCUT2D eigenvalue weighted by atomic mass is 10.1. The van der Waals surface area contributed by atoms with Crippen molar-refractivity contribution in [3.8, 4) is 0 Å². The fraction of sp³-hybridized carbons (Fsp3) is 0.357. The van der Waals surface area contributed by atoms with E-state index < -0.39 is 0 Å². The second-order valence-corrected chi connectivity index (χ2v) is 5.30. The van der Waals surface area contributed by atoms with Crippen LogP contribution in [0.4, 0.5) is 4.79 Å². The van der Waals surface area contributed by atoms with Crippen LogP contribution in [0.15, 0.2) is 41.0 Å². The fourth-order valence-corrected chi connectivity index (χ4v) is 1.60. The Morgan fingerprint density at radius 1 is 1.33 bits per heavy atom. The zero-order valence-corrected chi connectivity index (χ0v) is 12.3. The van der Waals surface area contributed by atoms with Crippen LogP contribution in [0.25, 0.3) is 0 Å². The maximum absolute atomic E-state index is 11.4. The van der Waals surface area contributed by atoms with Gasteiger partial charge in [-0.1, -0.05) is 48.0 Å². The number of hydrogen-bond acceptors (Lipinski definition) is 1. The van der Waals surface area contributed by atoms with E-state index in [1.165, 1.54) is 5.56 Å². The maximum Gasteiger partial charge on any atom is 0.318 e. The summed E-state index contributed by atoms with van der Waals surface area (Å²) in [4.78, 5) is 11.4. The van der Waals surface area contributed by atoms with Gasteiger partial charge in [0, 0.05) is 17.2 Å². The van der Waals surface area contributed by atoms with Gasteiger partial charge in [-0.2, -0.15) is 0 Å². The predicted molar refractivity (Wildman–Crippen MR) is 78.4 cm³/mol. The van der Waals surface area contributed by atoms with Crippen molar-refractivity contribution >= 4 is 22.0 Å². The molecule has 0 radical (unpaired) electrons. The topological polar surface area (TPSA) is 41.1 Å². The van der Waals surface area contributed by atoms with Crippen LogP contribution >= 0.6 is 15.9 Å². The Morgan fingerprint density at radius 3 is 2.61 bits per heavy atom. The molecule has 0 aliphatic rings. The first kappa shape index (κ1) is 14.8. The minimum atomic E-state index is -0.163. The molecule has 3 nitrogen and oxygen atoms in total. The second-order valence-electron chi connectivity index (χ2n) is 4.38. The van der Waals surface area contributed by atoms with Crippen molar-refractivity contribution in [2.24, 2.45) is 5.92 Å². The lowest BCUT2D eigenvalue weighted by Gasteiger charge is -2.05. The molecule has 18 heavy (non-hydrogen) atoms. The number of hydrogen-bond donors (Lipinski definition) is 2. The van der Waals surface area contributed by atoms with E-state index in [2.05, 4.69) is 40.4 Å². The van der Waals surface area contributed by atoms with E-state index in [1.54, 1.807) is 6.20 Å². The first-order valence-corrected chi connectivity index (χ1v) is 6.82. The minimum Gasteiger partial charge on any atom is -0.338 e. The molecule has 1 aromatic carbocycles. The molecule has 0 heterocycles. The van der Waals surface area contributed by atoms with Gasteiger partial charge >= 0.3 is 6.03 Å². The quantitative estimate of drug-likeness (QED) is 0.859. The third kappa shape index (κ3) is 6.45. The highest BCUT2D eigenvalue weighted by Crippen LogP contribution is 2.10. The monoisotopic (exact) mass is 310 g/mol. The van der Waals surface area contributed by atoms with Gasteiger partial charge in [-0.25, -0.2) is 4.79 Å². The number of amides is 2. The van der Waals surface area contributed by atoms with Crippen molar-refractivity contribution in [2.75, 3.05) is 6.54 Å². The number of carbonyl (C=O) groups is 1. The zero-order valence-electron chi connectivity index (χ0n) is 10.7. The first-order valence-electron chi connectivity index (χ1n) is 6.03. The fourth-order valence-electron chi connectivity index (χ4n) is 1.34. The van der Waals surface area contributed by atoms with Gasteiger partial charge in [0.2, 0.25) is 0 Å². The molecule has 0 atom stereocenters. The van der Waals surface area contributed by atoms with E-state index in [9.17, 15) is 4.79 Å². The molecular weight excluding hydrogens is 292 g/mol. The Morgan fingerprint density at radius 2 is 2.00 bits per heavy atom. The summed E-state index contributed by atoms with van der Waals surface area (Å²) in [6, 6.07) is 7.93. The number of nitrogens with one attached hydrogen (secondary N) is 2. The molecular formula is C14H19BrN2O. The van der Waals surface area contributed by atoms with Crippen LogP contribution in [0.3, 0.4) is 0 Å². The molecule has 0 bridgehead atoms. The van der Waals surface area contributed by atoms with Crippen LogP contribution < -0.4 is 10.6 Å². The molecule has 0 unspecified atom stereocenters. The van der Waals surface area contributed by atoms with E-state index in [0.717, 1.165) is 10.9 Å². The predicted octanol–water partition coefficient (Wildman–Crippen LogP) is 3.46. The van der Waals surface area contributed by atoms with Crippen molar-refractivity contribution in [3.05, 3.63) is 46.6 Å². The Labute approximate surface area is 117 Å². The molecule has 0 aromatic heterocycles. The van der Waals surface area contributed by atoms with Crippen molar-refractivity contribution < 1.29 is 4.79 Å². The Balaban J connectivity index is 2.21. The van der Waals surface area contributed by atoms with Gasteiger partial charge in [0.05, 0.1) is 0 Å². The summed E-state index contributed by atoms with van der Waals surface area (Å²) >= 11 is 3.39. The van der Waals surface area contributed by atoms with E-state index in [1.807, 2.05) is 30.3 Å².